The van der Waals surface area contributed by atoms with E-state index in [1.54, 1.807) is 7.11 Å². The van der Waals surface area contributed by atoms with Crippen molar-refractivity contribution in [2.45, 2.75) is 13.8 Å². The Kier molecular flexibility index (Phi) is 6.91. The van der Waals surface area contributed by atoms with Gasteiger partial charge in [-0.05, 0) is 17.2 Å². The molecule has 0 unspecified atom stereocenters. The van der Waals surface area contributed by atoms with Gasteiger partial charge in [-0.15, -0.1) is 0 Å². The number of allylic oxidation sites excluding steroid dienone is 2. The lowest BCUT2D eigenvalue weighted by Gasteiger charge is -2.07. The fraction of sp³-hybridized carbons (Fsp3) is 0.158. The maximum atomic E-state index is 5.32. The molecule has 0 heterocycles. The molecule has 0 radical (unpaired) electrons. The SMILES string of the molecule is C=C(/C=C/c1ccccc1)c1ccccc1OC.CC. The van der Waals surface area contributed by atoms with Crippen molar-refractivity contribution >= 4 is 11.6 Å². The van der Waals surface area contributed by atoms with E-state index >= 15 is 0 Å². The third-order valence-electron chi connectivity index (χ3n) is 2.73. The van der Waals surface area contributed by atoms with E-state index < -0.39 is 0 Å². The van der Waals surface area contributed by atoms with E-state index in [2.05, 4.69) is 24.8 Å². The van der Waals surface area contributed by atoms with Crippen molar-refractivity contribution in [3.8, 4) is 5.75 Å². The molecule has 104 valence electrons. The minimum Gasteiger partial charge on any atom is -0.496 e. The van der Waals surface area contributed by atoms with Crippen molar-refractivity contribution in [2.24, 2.45) is 0 Å². The molecular formula is C19H22O. The topological polar surface area (TPSA) is 9.23 Å². The predicted molar refractivity (Wildman–Crippen MR) is 88.9 cm³/mol. The smallest absolute Gasteiger partial charge is 0.126 e. The second kappa shape index (κ2) is 8.76. The minimum absolute atomic E-state index is 0.847. The van der Waals surface area contributed by atoms with Crippen LogP contribution in [0.25, 0.3) is 11.6 Å². The average molecular weight is 266 g/mol. The van der Waals surface area contributed by atoms with Crippen molar-refractivity contribution < 1.29 is 4.74 Å². The molecule has 1 heteroatoms. The molecule has 0 aromatic heterocycles. The molecule has 0 atom stereocenters. The van der Waals surface area contributed by atoms with Crippen molar-refractivity contribution in [3.05, 3.63) is 78.4 Å². The summed E-state index contributed by atoms with van der Waals surface area (Å²) in [5.41, 5.74) is 3.12. The Morgan fingerprint density at radius 2 is 1.55 bits per heavy atom. The van der Waals surface area contributed by atoms with Crippen molar-refractivity contribution in [1.29, 1.82) is 0 Å². The normalized spacial score (nSPS) is 9.75. The first-order valence-corrected chi connectivity index (χ1v) is 6.86. The fourth-order valence-electron chi connectivity index (χ4n) is 1.76. The fourth-order valence-corrected chi connectivity index (χ4v) is 1.76. The minimum atomic E-state index is 0.847. The van der Waals surface area contributed by atoms with Gasteiger partial charge in [-0.1, -0.05) is 81.1 Å². The lowest BCUT2D eigenvalue weighted by Crippen LogP contribution is -1.88. The van der Waals surface area contributed by atoms with E-state index in [4.69, 9.17) is 4.74 Å². The molecule has 0 aliphatic carbocycles. The number of benzene rings is 2. The maximum absolute atomic E-state index is 5.32. The number of rotatable bonds is 4. The van der Waals surface area contributed by atoms with Crippen LogP contribution in [0.15, 0.2) is 67.3 Å². The molecule has 1 nitrogen and oxygen atoms in total. The van der Waals surface area contributed by atoms with Crippen LogP contribution in [-0.2, 0) is 0 Å². The van der Waals surface area contributed by atoms with Crippen LogP contribution in [0, 0.1) is 0 Å². The van der Waals surface area contributed by atoms with Crippen molar-refractivity contribution in [1.82, 2.24) is 0 Å². The van der Waals surface area contributed by atoms with Gasteiger partial charge in [0.1, 0.15) is 5.75 Å². The monoisotopic (exact) mass is 266 g/mol. The zero-order chi connectivity index (χ0) is 14.8. The van der Waals surface area contributed by atoms with E-state index in [9.17, 15) is 0 Å². The van der Waals surface area contributed by atoms with Gasteiger partial charge < -0.3 is 4.74 Å². The van der Waals surface area contributed by atoms with Gasteiger partial charge >= 0.3 is 0 Å². The summed E-state index contributed by atoms with van der Waals surface area (Å²) < 4.78 is 5.32. The van der Waals surface area contributed by atoms with Crippen LogP contribution in [0.1, 0.15) is 25.0 Å². The maximum Gasteiger partial charge on any atom is 0.126 e. The van der Waals surface area contributed by atoms with Gasteiger partial charge in [-0.2, -0.15) is 0 Å². The van der Waals surface area contributed by atoms with Crippen LogP contribution in [0.2, 0.25) is 0 Å². The van der Waals surface area contributed by atoms with Gasteiger partial charge in [-0.3, -0.25) is 0 Å². The molecule has 0 saturated carbocycles. The predicted octanol–water partition coefficient (Wildman–Crippen LogP) is 5.45. The quantitative estimate of drug-likeness (QED) is 0.669. The molecule has 0 spiro atoms. The molecule has 0 N–H and O–H groups in total. The van der Waals surface area contributed by atoms with E-state index in [1.165, 1.54) is 0 Å². The molecule has 0 saturated heterocycles. The first-order chi connectivity index (χ1) is 9.81. The first-order valence-electron chi connectivity index (χ1n) is 6.86. The van der Waals surface area contributed by atoms with Crippen LogP contribution >= 0.6 is 0 Å². The van der Waals surface area contributed by atoms with E-state index in [0.29, 0.717) is 0 Å². The largest absolute Gasteiger partial charge is 0.496 e. The van der Waals surface area contributed by atoms with Crippen LogP contribution < -0.4 is 4.74 Å². The molecule has 0 amide bonds. The van der Waals surface area contributed by atoms with E-state index in [0.717, 1.165) is 22.4 Å². The third kappa shape index (κ3) is 4.43. The Labute approximate surface area is 122 Å². The molecular weight excluding hydrogens is 244 g/mol. The van der Waals surface area contributed by atoms with E-state index in [1.807, 2.05) is 62.4 Å². The molecule has 0 fully saturated rings. The highest BCUT2D eigenvalue weighted by atomic mass is 16.5. The number of para-hydroxylation sites is 1. The summed E-state index contributed by atoms with van der Waals surface area (Å²) in [5.74, 6) is 0.847. The summed E-state index contributed by atoms with van der Waals surface area (Å²) in [5, 5.41) is 0. The summed E-state index contributed by atoms with van der Waals surface area (Å²) in [4.78, 5) is 0. The molecule has 0 aliphatic rings. The zero-order valence-electron chi connectivity index (χ0n) is 12.5. The van der Waals surface area contributed by atoms with Gasteiger partial charge in [0.25, 0.3) is 0 Å². The number of hydrogen-bond acceptors (Lipinski definition) is 1. The summed E-state index contributed by atoms with van der Waals surface area (Å²) >= 11 is 0. The van der Waals surface area contributed by atoms with Crippen molar-refractivity contribution in [3.63, 3.8) is 0 Å². The van der Waals surface area contributed by atoms with Crippen LogP contribution in [0.5, 0.6) is 5.75 Å². The van der Waals surface area contributed by atoms with Gasteiger partial charge in [0.05, 0.1) is 7.11 Å². The van der Waals surface area contributed by atoms with Crippen LogP contribution in [-0.4, -0.2) is 7.11 Å². The van der Waals surface area contributed by atoms with Gasteiger partial charge in [0.2, 0.25) is 0 Å². The van der Waals surface area contributed by atoms with Crippen LogP contribution in [0.3, 0.4) is 0 Å². The second-order valence-corrected chi connectivity index (χ2v) is 3.97. The Balaban J connectivity index is 0.000000956. The standard InChI is InChI=1S/C17H16O.C2H6/c1-14(12-13-15-8-4-3-5-9-15)16-10-6-7-11-17(16)18-2;1-2/h3-13H,1H2,2H3;1-2H3/b13-12+;. The summed E-state index contributed by atoms with van der Waals surface area (Å²) in [6, 6.07) is 18.1. The molecule has 0 aliphatic heterocycles. The Morgan fingerprint density at radius 3 is 2.20 bits per heavy atom. The lowest BCUT2D eigenvalue weighted by atomic mass is 10.0. The molecule has 2 rings (SSSR count). The summed E-state index contributed by atoms with van der Waals surface area (Å²) in [6.07, 6.45) is 4.06. The number of methoxy groups -OCH3 is 1. The Morgan fingerprint density at radius 1 is 0.950 bits per heavy atom. The highest BCUT2D eigenvalue weighted by molar-refractivity contribution is 5.80. The summed E-state index contributed by atoms with van der Waals surface area (Å²) in [7, 11) is 1.67. The Bertz CT molecular complexity index is 553. The van der Waals surface area contributed by atoms with Gasteiger partial charge in [-0.25, -0.2) is 0 Å². The van der Waals surface area contributed by atoms with Gasteiger partial charge in [0, 0.05) is 5.56 Å². The third-order valence-corrected chi connectivity index (χ3v) is 2.73. The van der Waals surface area contributed by atoms with Crippen molar-refractivity contribution in [2.75, 3.05) is 7.11 Å². The zero-order valence-corrected chi connectivity index (χ0v) is 12.5. The number of hydrogen-bond donors (Lipinski definition) is 0. The molecule has 0 bridgehead atoms. The molecule has 20 heavy (non-hydrogen) atoms. The average Bonchev–Trinajstić information content (AvgIpc) is 2.55. The summed E-state index contributed by atoms with van der Waals surface area (Å²) in [6.45, 7) is 8.08. The number of ether oxygens (including phenoxy) is 1. The lowest BCUT2D eigenvalue weighted by molar-refractivity contribution is 0.413. The first kappa shape index (κ1) is 15.8. The van der Waals surface area contributed by atoms with Gasteiger partial charge in [0.15, 0.2) is 0 Å². The highest BCUT2D eigenvalue weighted by Crippen LogP contribution is 2.25. The van der Waals surface area contributed by atoms with Crippen LogP contribution in [0.4, 0.5) is 0 Å². The van der Waals surface area contributed by atoms with E-state index in [-0.39, 0.29) is 0 Å². The molecule has 2 aromatic carbocycles. The second-order valence-electron chi connectivity index (χ2n) is 3.97. The molecule has 2 aromatic rings. The Hall–Kier alpha value is -2.28. The highest BCUT2D eigenvalue weighted by Gasteiger charge is 2.02.